The highest BCUT2D eigenvalue weighted by Gasteiger charge is 2.47. The first-order valence-electron chi connectivity index (χ1n) is 23.2. The van der Waals surface area contributed by atoms with Crippen LogP contribution in [-0.2, 0) is 38.4 Å². The zero-order chi connectivity index (χ0) is 47.3. The summed E-state index contributed by atoms with van der Waals surface area (Å²) in [6.45, 7) is 31.7. The molecule has 0 unspecified atom stereocenters. The quantitative estimate of drug-likeness (QED) is 0.0654. The predicted octanol–water partition coefficient (Wildman–Crippen LogP) is 10.2. The van der Waals surface area contributed by atoms with Crippen LogP contribution < -0.4 is 20.0 Å². The van der Waals surface area contributed by atoms with Gasteiger partial charge < -0.3 is 43.8 Å². The Morgan fingerprint density at radius 2 is 1.56 bits per heavy atom. The van der Waals surface area contributed by atoms with E-state index in [-0.39, 0.29) is 19.1 Å². The Kier molecular flexibility index (Phi) is 16.4. The van der Waals surface area contributed by atoms with Gasteiger partial charge in [0.1, 0.15) is 17.4 Å². The van der Waals surface area contributed by atoms with Gasteiger partial charge in [0.25, 0.3) is 8.32 Å². The molecule has 352 valence electrons. The Labute approximate surface area is 383 Å². The number of anilines is 1. The summed E-state index contributed by atoms with van der Waals surface area (Å²) in [5, 5.41) is 18.1. The van der Waals surface area contributed by atoms with E-state index < -0.39 is 37.4 Å². The lowest BCUT2D eigenvalue weighted by atomic mass is 9.84. The number of aliphatic hydroxyl groups excluding tert-OH is 1. The summed E-state index contributed by atoms with van der Waals surface area (Å²) in [5.41, 5.74) is 8.73. The number of aliphatic hydroxyl groups is 1. The smallest absolute Gasteiger partial charge is 0.408 e. The van der Waals surface area contributed by atoms with Crippen molar-refractivity contribution in [2.75, 3.05) is 51.9 Å². The van der Waals surface area contributed by atoms with Gasteiger partial charge in [-0.1, -0.05) is 67.5 Å². The number of amides is 1. The van der Waals surface area contributed by atoms with Crippen molar-refractivity contribution in [1.82, 2.24) is 20.2 Å². The molecule has 13 heteroatoms. The fourth-order valence-electron chi connectivity index (χ4n) is 9.72. The number of alkyl carbamates (subject to hydrolysis) is 1. The van der Waals surface area contributed by atoms with Crippen LogP contribution in [0.3, 0.4) is 0 Å². The molecule has 0 radical (unpaired) electrons. The lowest BCUT2D eigenvalue weighted by Crippen LogP contribution is -2.50. The topological polar surface area (TPSA) is 136 Å². The van der Waals surface area contributed by atoms with Crippen molar-refractivity contribution >= 4 is 37.0 Å². The van der Waals surface area contributed by atoms with Crippen LogP contribution in [0.4, 0.5) is 10.5 Å². The summed E-state index contributed by atoms with van der Waals surface area (Å²) in [4.78, 5) is 33.9. The normalized spacial score (nSPS) is 15.0. The Morgan fingerprint density at radius 1 is 0.906 bits per heavy atom. The number of nitrogens with zero attached hydrogens (tertiary/aromatic N) is 3. The van der Waals surface area contributed by atoms with Gasteiger partial charge in [-0.05, 0) is 116 Å². The molecule has 3 heterocycles. The maximum absolute atomic E-state index is 13.3. The van der Waals surface area contributed by atoms with Crippen LogP contribution in [-0.4, -0.2) is 93.7 Å². The van der Waals surface area contributed by atoms with E-state index >= 15 is 0 Å². The van der Waals surface area contributed by atoms with Gasteiger partial charge in [-0.3, -0.25) is 4.98 Å². The van der Waals surface area contributed by atoms with E-state index in [1.807, 2.05) is 19.2 Å². The molecule has 2 aromatic carbocycles. The second kappa shape index (κ2) is 20.8. The van der Waals surface area contributed by atoms with Gasteiger partial charge >= 0.3 is 12.1 Å². The molecule has 3 N–H and O–H groups in total. The number of aryl methyl sites for hydroxylation is 1. The van der Waals surface area contributed by atoms with Gasteiger partial charge in [0.05, 0.1) is 36.5 Å². The van der Waals surface area contributed by atoms with Crippen LogP contribution >= 0.6 is 0 Å². The average molecular weight is 900 g/mol. The Morgan fingerprint density at radius 3 is 2.12 bits per heavy atom. The number of carbonyl (C=O) groups excluding carboxylic acids is 2. The van der Waals surface area contributed by atoms with Crippen molar-refractivity contribution in [3.8, 4) is 28.1 Å². The van der Waals surface area contributed by atoms with E-state index in [0.717, 1.165) is 87.7 Å². The van der Waals surface area contributed by atoms with Crippen LogP contribution in [0.15, 0.2) is 48.7 Å². The standard InChI is InChI=1S/C51H77N5O7Si/c1-16-56-45-18-17-37(27-41(45)43(29-51(12,13)31-57)47(56)42-28-39(55-21-19-52-20-22-55)30-53-46(42)35(8)60-14)38-23-36(25-44(48(58)61-15)54-49(59)62-50(9,10)11)24-40(26-38)63-64(32(2)3,33(4)5)34(6)7/h17-18,23-24,26-28,30,32-35,44,52,57H,16,19-22,25,29,31H2,1-15H3,(H,54,59)/t35-,44-/m0/s1. The van der Waals surface area contributed by atoms with Crippen LogP contribution in [0.25, 0.3) is 33.3 Å². The number of hydrogen-bond donors (Lipinski definition) is 3. The molecule has 64 heavy (non-hydrogen) atoms. The zero-order valence-electron chi connectivity index (χ0n) is 41.4. The molecule has 1 amide bonds. The Hall–Kier alpha value is -4.43. The first-order valence-corrected chi connectivity index (χ1v) is 25.4. The molecule has 5 rings (SSSR count). The number of benzene rings is 2. The third-order valence-corrected chi connectivity index (χ3v) is 18.9. The molecule has 1 saturated heterocycles. The number of piperazine rings is 1. The molecule has 0 aliphatic carbocycles. The van der Waals surface area contributed by atoms with Crippen molar-refractivity contribution in [3.63, 3.8) is 0 Å². The van der Waals surface area contributed by atoms with Gasteiger partial charge in [0.2, 0.25) is 0 Å². The van der Waals surface area contributed by atoms with Crippen LogP contribution in [0.1, 0.15) is 113 Å². The van der Waals surface area contributed by atoms with Gasteiger partial charge in [-0.25, -0.2) is 9.59 Å². The molecular formula is C51H77N5O7Si. The highest BCUT2D eigenvalue weighted by molar-refractivity contribution is 6.78. The number of rotatable bonds is 18. The minimum absolute atomic E-state index is 0.0138. The maximum Gasteiger partial charge on any atom is 0.408 e. The number of hydrogen-bond acceptors (Lipinski definition) is 10. The van der Waals surface area contributed by atoms with E-state index in [1.54, 1.807) is 27.9 Å². The van der Waals surface area contributed by atoms with E-state index in [1.165, 1.54) is 7.11 Å². The number of esters is 1. The predicted molar refractivity (Wildman–Crippen MR) is 262 cm³/mol. The summed E-state index contributed by atoms with van der Waals surface area (Å²) >= 11 is 0. The second-order valence-electron chi connectivity index (χ2n) is 20.3. The van der Waals surface area contributed by atoms with Crippen molar-refractivity contribution < 1.29 is 33.3 Å². The number of methoxy groups -OCH3 is 2. The van der Waals surface area contributed by atoms with Gasteiger partial charge in [-0.2, -0.15) is 0 Å². The molecule has 0 bridgehead atoms. The molecule has 2 atom stereocenters. The Bertz CT molecular complexity index is 2220. The monoisotopic (exact) mass is 900 g/mol. The molecular weight excluding hydrogens is 823 g/mol. The maximum atomic E-state index is 13.3. The number of aromatic nitrogens is 2. The molecule has 1 fully saturated rings. The van der Waals surface area contributed by atoms with E-state index in [9.17, 15) is 14.7 Å². The number of carbonyl (C=O) groups is 2. The Balaban J connectivity index is 1.79. The number of nitrogens with one attached hydrogen (secondary N) is 2. The zero-order valence-corrected chi connectivity index (χ0v) is 42.4. The van der Waals surface area contributed by atoms with Crippen LogP contribution in [0.5, 0.6) is 5.75 Å². The van der Waals surface area contributed by atoms with Crippen LogP contribution in [0, 0.1) is 5.41 Å². The average Bonchev–Trinajstić information content (AvgIpc) is 3.54. The fourth-order valence-corrected chi connectivity index (χ4v) is 15.0. The summed E-state index contributed by atoms with van der Waals surface area (Å²) < 4.78 is 26.5. The number of fused-ring (bicyclic) bond motifs is 1. The first-order chi connectivity index (χ1) is 30.1. The molecule has 1 aliphatic heterocycles. The van der Waals surface area contributed by atoms with E-state index in [4.69, 9.17) is 23.6 Å². The van der Waals surface area contributed by atoms with Gasteiger partial charge in [-0.15, -0.1) is 0 Å². The fraction of sp³-hybridized carbons (Fsp3) is 0.588. The lowest BCUT2D eigenvalue weighted by Gasteiger charge is -2.42. The summed E-state index contributed by atoms with van der Waals surface area (Å²) in [5.74, 6) is 0.163. The SMILES string of the molecule is CCn1c(-c2cc(N3CCNCC3)cnc2[C@H](C)OC)c(CC(C)(C)CO)c2cc(-c3cc(C[C@H](NC(=O)OC(C)(C)C)C(=O)OC)cc(O[Si](C(C)C)(C(C)C)C(C)C)c3)ccc21. The number of pyridine rings is 1. The van der Waals surface area contributed by atoms with Gasteiger partial charge in [0.15, 0.2) is 0 Å². The van der Waals surface area contributed by atoms with Crippen molar-refractivity contribution in [2.45, 2.75) is 144 Å². The minimum Gasteiger partial charge on any atom is -0.543 e. The van der Waals surface area contributed by atoms with E-state index in [0.29, 0.717) is 29.6 Å². The molecule has 12 nitrogen and oxygen atoms in total. The summed E-state index contributed by atoms with van der Waals surface area (Å²) in [6.07, 6.45) is 1.78. The first kappa shape index (κ1) is 50.6. The van der Waals surface area contributed by atoms with Gasteiger partial charge in [0, 0.05) is 69.3 Å². The molecule has 0 saturated carbocycles. The second-order valence-corrected chi connectivity index (χ2v) is 25.6. The molecule has 2 aromatic heterocycles. The van der Waals surface area contributed by atoms with Crippen molar-refractivity contribution in [3.05, 3.63) is 65.5 Å². The highest BCUT2D eigenvalue weighted by atomic mass is 28.4. The van der Waals surface area contributed by atoms with Crippen molar-refractivity contribution in [2.24, 2.45) is 5.41 Å². The van der Waals surface area contributed by atoms with Crippen molar-refractivity contribution in [1.29, 1.82) is 0 Å². The number of ether oxygens (including phenoxy) is 3. The largest absolute Gasteiger partial charge is 0.543 e. The summed E-state index contributed by atoms with van der Waals surface area (Å²) in [7, 11) is 0.611. The third kappa shape index (κ3) is 11.3. The molecule has 0 spiro atoms. The molecule has 4 aromatic rings. The van der Waals surface area contributed by atoms with Crippen LogP contribution in [0.2, 0.25) is 16.6 Å². The minimum atomic E-state index is -2.43. The molecule has 1 aliphatic rings. The summed E-state index contributed by atoms with van der Waals surface area (Å²) in [6, 6.07) is 14.1. The lowest BCUT2D eigenvalue weighted by molar-refractivity contribution is -0.143. The van der Waals surface area contributed by atoms with E-state index in [2.05, 4.69) is 119 Å². The third-order valence-electron chi connectivity index (χ3n) is 12.9. The highest BCUT2D eigenvalue weighted by Crippen LogP contribution is 2.45.